The van der Waals surface area contributed by atoms with Gasteiger partial charge in [-0.1, -0.05) is 53.0 Å². The van der Waals surface area contributed by atoms with Gasteiger partial charge < -0.3 is 43.0 Å². The van der Waals surface area contributed by atoms with Crippen molar-refractivity contribution in [2.24, 2.45) is 17.8 Å². The Morgan fingerprint density at radius 2 is 0.907 bits per heavy atom. The Labute approximate surface area is 573 Å². The van der Waals surface area contributed by atoms with Crippen molar-refractivity contribution >= 4 is 121 Å². The fourth-order valence-corrected chi connectivity index (χ4v) is 12.4. The first-order chi connectivity index (χ1) is 46.4. The van der Waals surface area contributed by atoms with Crippen molar-refractivity contribution in [3.63, 3.8) is 0 Å². The number of carbonyl (C=O) groups excluding carboxylic acids is 6. The molecule has 9 aromatic heterocycles. The summed E-state index contributed by atoms with van der Waals surface area (Å²) in [5, 5.41) is 20.1. The first kappa shape index (κ1) is 66.3. The van der Waals surface area contributed by atoms with Crippen LogP contribution < -0.4 is 59.6 Å². The monoisotopic (exact) mass is 1430 g/mol. The lowest BCUT2D eigenvalue weighted by Crippen LogP contribution is -2.46. The van der Waals surface area contributed by atoms with Crippen molar-refractivity contribution in [1.82, 2.24) is 74.5 Å². The minimum absolute atomic E-state index is 0.0247. The maximum Gasteiger partial charge on any atom is 0.277 e. The predicted octanol–water partition coefficient (Wildman–Crippen LogP) is 6.86. The number of rotatable bonds is 13. The zero-order valence-electron chi connectivity index (χ0n) is 51.4. The zero-order valence-corrected chi connectivity index (χ0v) is 55.3. The van der Waals surface area contributed by atoms with Crippen molar-refractivity contribution in [2.75, 3.05) is 27.0 Å². The molecule has 0 saturated heterocycles. The second-order valence-electron chi connectivity index (χ2n) is 23.6. The van der Waals surface area contributed by atoms with Gasteiger partial charge in [0.25, 0.3) is 34.4 Å². The van der Waals surface area contributed by atoms with Crippen molar-refractivity contribution in [3.05, 3.63) is 225 Å². The molecule has 494 valence electrons. The van der Waals surface area contributed by atoms with Crippen LogP contribution in [0.25, 0.3) is 0 Å². The number of fused-ring (bicyclic) bond motifs is 3. The lowest BCUT2D eigenvalue weighted by Gasteiger charge is -2.27. The molecule has 3 fully saturated rings. The third-order valence-corrected chi connectivity index (χ3v) is 18.0. The highest BCUT2D eigenvalue weighted by atomic mass is 79.9. The van der Waals surface area contributed by atoms with Crippen LogP contribution in [0.2, 0.25) is 15.1 Å². The van der Waals surface area contributed by atoms with E-state index < -0.39 is 34.4 Å². The summed E-state index contributed by atoms with van der Waals surface area (Å²) < 4.78 is 4.35. The first-order valence-corrected chi connectivity index (χ1v) is 32.0. The van der Waals surface area contributed by atoms with E-state index in [0.717, 1.165) is 38.5 Å². The van der Waals surface area contributed by atoms with Gasteiger partial charge in [-0.25, -0.2) is 29.9 Å². The molecule has 97 heavy (non-hydrogen) atoms. The molecule has 6 aliphatic rings. The van der Waals surface area contributed by atoms with Gasteiger partial charge >= 0.3 is 0 Å². The number of pyridine rings is 6. The minimum atomic E-state index is -1.17. The van der Waals surface area contributed by atoms with Gasteiger partial charge in [0.05, 0.1) is 25.2 Å². The van der Waals surface area contributed by atoms with Crippen molar-refractivity contribution in [3.8, 4) is 0 Å². The topological polar surface area (TPSA) is 395 Å². The van der Waals surface area contributed by atoms with Gasteiger partial charge in [-0.15, -0.1) is 0 Å². The lowest BCUT2D eigenvalue weighted by molar-refractivity contribution is -0.118. The van der Waals surface area contributed by atoms with Gasteiger partial charge in [0.1, 0.15) is 87.8 Å². The van der Waals surface area contributed by atoms with Crippen LogP contribution in [0.4, 0.5) is 34.8 Å². The summed E-state index contributed by atoms with van der Waals surface area (Å²) in [4.78, 5) is 148. The summed E-state index contributed by atoms with van der Waals surface area (Å²) >= 11 is 22.1. The molecular formula is C64H56BrCl3N20O9. The Kier molecular flexibility index (Phi) is 18.4. The first-order valence-electron chi connectivity index (χ1n) is 30.1. The van der Waals surface area contributed by atoms with Crippen molar-refractivity contribution in [1.29, 1.82) is 0 Å². The molecule has 3 unspecified atom stereocenters. The Balaban J connectivity index is 0.000000130. The van der Waals surface area contributed by atoms with Crippen LogP contribution in [0.1, 0.15) is 119 Å². The van der Waals surface area contributed by atoms with E-state index in [4.69, 9.17) is 40.5 Å². The van der Waals surface area contributed by atoms with Crippen LogP contribution in [0.5, 0.6) is 0 Å². The molecule has 0 radical (unpaired) electrons. The Hall–Kier alpha value is -10.7. The smallest absolute Gasteiger partial charge is 0.277 e. The van der Waals surface area contributed by atoms with E-state index in [9.17, 15) is 43.2 Å². The lowest BCUT2D eigenvalue weighted by atomic mass is 10.0. The summed E-state index contributed by atoms with van der Waals surface area (Å²) in [5.74, 6) is 0.681. The molecule has 3 aliphatic carbocycles. The van der Waals surface area contributed by atoms with Crippen LogP contribution in [0.15, 0.2) is 148 Å². The molecule has 12 heterocycles. The number of halogens is 4. The number of nitrogens with two attached hydrogens (primary N) is 1. The maximum atomic E-state index is 13.5. The second-order valence-corrected chi connectivity index (χ2v) is 25.7. The highest BCUT2D eigenvalue weighted by Crippen LogP contribution is 2.37. The highest BCUT2D eigenvalue weighted by molar-refractivity contribution is 9.10. The fraction of sp³-hybridized carbons (Fsp3) is 0.250. The second kappa shape index (κ2) is 26.8. The van der Waals surface area contributed by atoms with E-state index in [2.05, 4.69) is 98.0 Å². The maximum absolute atomic E-state index is 13.5. The third-order valence-electron chi connectivity index (χ3n) is 16.5. The number of hydrogen-bond donors (Lipinski definition) is 8. The van der Waals surface area contributed by atoms with E-state index in [1.807, 2.05) is 0 Å². The van der Waals surface area contributed by atoms with E-state index in [1.54, 1.807) is 106 Å². The molecule has 6 amide bonds. The average molecular weight is 1440 g/mol. The average Bonchev–Trinajstić information content (AvgIpc) is 1.61. The van der Waals surface area contributed by atoms with Crippen molar-refractivity contribution in [2.45, 2.75) is 82.7 Å². The fourth-order valence-electron chi connectivity index (χ4n) is 11.0. The summed E-state index contributed by atoms with van der Waals surface area (Å²) in [6, 6.07) is 19.6. The van der Waals surface area contributed by atoms with Gasteiger partial charge in [0.15, 0.2) is 0 Å². The molecule has 0 aromatic carbocycles. The standard InChI is InChI=1S/C22H19ClN6O3.C21H18ClN7O3.C13H9BrClN3O2.C8H10N4O/c1-22(14-3-2-6-24-10-14)28-20(31)18-16(23)8-13(21(32)29(18)22)7-15-9-17(26-11-25-15)27-19(30)12-4-5-12;1-21(12-3-2-6-23-9-12)28-19(31)17-13(22)7-14(20(32)29(17)21)26-15-8-16(25-10-24-15)27-18(30)11-4-5-11;1-13(7-3-2-4-16-6-7)17-11(19)10-9(15)5-8(14)12(20)18(10)13;9-6-3-7(11-4-10-6)12-8(13)5-1-2-5/h2-3,6,8-12H,4-5,7H2,1H3,(H,28,31)(H,25,26,27,30);2-3,6-11H,4-5H2,1H3,(H,28,31)(H2,24,25,26,27,30);2-6H,1H3,(H,17,19);3-5H,1-2H2,(H3,9,10,11,12,13). The molecule has 3 atom stereocenters. The van der Waals surface area contributed by atoms with Gasteiger partial charge in [-0.2, -0.15) is 0 Å². The van der Waals surface area contributed by atoms with Gasteiger partial charge in [0.2, 0.25) is 17.7 Å². The number of hydrogen-bond acceptors (Lipinski definition) is 20. The third kappa shape index (κ3) is 13.8. The summed E-state index contributed by atoms with van der Waals surface area (Å²) in [5.41, 5.74) is 4.26. The molecule has 9 aromatic rings. The molecule has 33 heteroatoms. The van der Waals surface area contributed by atoms with E-state index in [0.29, 0.717) is 61.5 Å². The molecule has 0 bridgehead atoms. The number of nitrogen functional groups attached to an aromatic ring is 1. The number of carbonyl (C=O) groups is 6. The number of nitrogens with one attached hydrogen (secondary N) is 7. The minimum Gasteiger partial charge on any atom is -0.384 e. The number of nitrogens with zero attached hydrogens (tertiary/aromatic N) is 12. The van der Waals surface area contributed by atoms with Gasteiger partial charge in [-0.05, 0) is 112 Å². The number of amides is 6. The molecule has 29 nitrogen and oxygen atoms in total. The highest BCUT2D eigenvalue weighted by Gasteiger charge is 2.46. The van der Waals surface area contributed by atoms with E-state index in [1.165, 1.54) is 56.9 Å². The number of aromatic nitrogens is 12. The SMILES string of the molecule is CC1(c2cccnc2)NC(=O)c2c(Cl)cc(Br)c(=O)n21.CC1(c2cccnc2)NC(=O)c2c(Cl)cc(Cc3cc(NC(=O)C4CC4)ncn3)c(=O)n21.CC1(c2cccnc2)NC(=O)c2c(Cl)cc(Nc3cc(NC(=O)C4CC4)ncn3)c(=O)n21.Nc1cc(NC(=O)C2CC2)ncn1. The summed E-state index contributed by atoms with van der Waals surface area (Å²) in [6.07, 6.45) is 19.2. The van der Waals surface area contributed by atoms with Crippen LogP contribution >= 0.6 is 50.7 Å². The molecular weight excluding hydrogens is 1380 g/mol. The van der Waals surface area contributed by atoms with Crippen LogP contribution in [0.3, 0.4) is 0 Å². The van der Waals surface area contributed by atoms with Crippen molar-refractivity contribution < 1.29 is 28.8 Å². The molecule has 0 spiro atoms. The normalized spacial score (nSPS) is 19.1. The van der Waals surface area contributed by atoms with Gasteiger partial charge in [0, 0.05) is 102 Å². The van der Waals surface area contributed by atoms with Crippen LogP contribution in [-0.2, 0) is 37.8 Å². The molecule has 9 N–H and O–H groups in total. The van der Waals surface area contributed by atoms with Gasteiger partial charge in [-0.3, -0.25) is 71.8 Å². The van der Waals surface area contributed by atoms with E-state index >= 15 is 0 Å². The molecule has 3 aliphatic heterocycles. The number of anilines is 6. The Morgan fingerprint density at radius 3 is 1.35 bits per heavy atom. The predicted molar refractivity (Wildman–Crippen MR) is 359 cm³/mol. The molecule has 3 saturated carbocycles. The molecule has 15 rings (SSSR count). The quantitative estimate of drug-likeness (QED) is 0.0584. The van der Waals surface area contributed by atoms with Crippen LogP contribution in [-0.4, -0.2) is 94.0 Å². The zero-order chi connectivity index (χ0) is 68.7. The Morgan fingerprint density at radius 1 is 0.515 bits per heavy atom. The summed E-state index contributed by atoms with van der Waals surface area (Å²) in [7, 11) is 0. The Bertz CT molecular complexity index is 4670. The summed E-state index contributed by atoms with van der Waals surface area (Å²) in [6.45, 7) is 5.18. The van der Waals surface area contributed by atoms with E-state index in [-0.39, 0.29) is 96.8 Å². The largest absolute Gasteiger partial charge is 0.384 e. The van der Waals surface area contributed by atoms with Crippen LogP contribution in [0, 0.1) is 17.8 Å².